The number of H-pyrrole nitrogens is 1. The predicted molar refractivity (Wildman–Crippen MR) is 95.7 cm³/mol. The molecule has 2 heterocycles. The topological polar surface area (TPSA) is 69.2 Å². The van der Waals surface area contributed by atoms with Crippen LogP contribution in [0.1, 0.15) is 53.0 Å². The highest BCUT2D eigenvalue weighted by Gasteiger charge is 2.36. The van der Waals surface area contributed by atoms with Crippen molar-refractivity contribution in [3.63, 3.8) is 0 Å². The van der Waals surface area contributed by atoms with Gasteiger partial charge in [0.2, 0.25) is 0 Å². The fraction of sp³-hybridized carbons (Fsp3) is 0.474. The van der Waals surface area contributed by atoms with E-state index >= 15 is 0 Å². The number of aromatic amines is 1. The Morgan fingerprint density at radius 2 is 1.84 bits per heavy atom. The van der Waals surface area contributed by atoms with Gasteiger partial charge < -0.3 is 10.0 Å². The summed E-state index contributed by atoms with van der Waals surface area (Å²) in [6.07, 6.45) is 5.21. The minimum absolute atomic E-state index is 0.0162. The molecule has 2 aromatic rings. The van der Waals surface area contributed by atoms with Crippen LogP contribution in [-0.2, 0) is 18.4 Å². The van der Waals surface area contributed by atoms with E-state index in [0.717, 1.165) is 42.5 Å². The summed E-state index contributed by atoms with van der Waals surface area (Å²) >= 11 is 5.93. The number of rotatable bonds is 2. The van der Waals surface area contributed by atoms with Gasteiger partial charge in [0.15, 0.2) is 5.69 Å². The molecule has 2 aliphatic rings. The van der Waals surface area contributed by atoms with Gasteiger partial charge in [0, 0.05) is 29.4 Å². The highest BCUT2D eigenvalue weighted by atomic mass is 35.5. The van der Waals surface area contributed by atoms with E-state index in [1.54, 1.807) is 12.1 Å². The summed E-state index contributed by atoms with van der Waals surface area (Å²) in [4.78, 5) is 14.7. The van der Waals surface area contributed by atoms with Crippen molar-refractivity contribution in [2.75, 3.05) is 13.1 Å². The average molecular weight is 360 g/mol. The first-order valence-corrected chi connectivity index (χ1v) is 9.28. The Morgan fingerprint density at radius 3 is 2.56 bits per heavy atom. The lowest BCUT2D eigenvalue weighted by Gasteiger charge is -2.38. The quantitative estimate of drug-likeness (QED) is 0.865. The number of hydrogen-bond donors (Lipinski definition) is 2. The molecule has 1 saturated heterocycles. The number of aliphatic hydroxyl groups is 1. The SMILES string of the molecule is O=C(c1n[nH]c2c1CCCC2)N1CCC(O)(c2ccc(Cl)cc2)CC1. The fourth-order valence-corrected chi connectivity index (χ4v) is 4.06. The number of hydrogen-bond acceptors (Lipinski definition) is 3. The number of nitrogens with zero attached hydrogens (tertiary/aromatic N) is 2. The molecular formula is C19H22ClN3O2. The van der Waals surface area contributed by atoms with Crippen molar-refractivity contribution in [1.29, 1.82) is 0 Å². The minimum atomic E-state index is -0.896. The van der Waals surface area contributed by atoms with Crippen molar-refractivity contribution in [2.24, 2.45) is 0 Å². The maximum Gasteiger partial charge on any atom is 0.274 e. The van der Waals surface area contributed by atoms with Crippen LogP contribution in [0.25, 0.3) is 0 Å². The van der Waals surface area contributed by atoms with Gasteiger partial charge in [-0.2, -0.15) is 5.10 Å². The third-order valence-corrected chi connectivity index (χ3v) is 5.77. The Labute approximate surface area is 152 Å². The van der Waals surface area contributed by atoms with Crippen LogP contribution in [0.2, 0.25) is 5.02 Å². The number of amides is 1. The van der Waals surface area contributed by atoms with Gasteiger partial charge in [-0.25, -0.2) is 0 Å². The maximum absolute atomic E-state index is 12.9. The zero-order chi connectivity index (χ0) is 17.4. The van der Waals surface area contributed by atoms with Gasteiger partial charge in [0.25, 0.3) is 5.91 Å². The van der Waals surface area contributed by atoms with Gasteiger partial charge in [-0.15, -0.1) is 0 Å². The summed E-state index contributed by atoms with van der Waals surface area (Å²) in [6.45, 7) is 1.05. The van der Waals surface area contributed by atoms with Gasteiger partial charge >= 0.3 is 0 Å². The van der Waals surface area contributed by atoms with Crippen LogP contribution in [0, 0.1) is 0 Å². The second-order valence-electron chi connectivity index (χ2n) is 7.07. The lowest BCUT2D eigenvalue weighted by Crippen LogP contribution is -2.45. The molecule has 1 aromatic carbocycles. The molecule has 2 N–H and O–H groups in total. The van der Waals surface area contributed by atoms with E-state index in [2.05, 4.69) is 10.2 Å². The number of benzene rings is 1. The number of fused-ring (bicyclic) bond motifs is 1. The van der Waals surface area contributed by atoms with Crippen molar-refractivity contribution in [3.05, 3.63) is 51.8 Å². The van der Waals surface area contributed by atoms with Crippen molar-refractivity contribution in [3.8, 4) is 0 Å². The molecule has 5 nitrogen and oxygen atoms in total. The summed E-state index contributed by atoms with van der Waals surface area (Å²) in [7, 11) is 0. The van der Waals surface area contributed by atoms with Crippen LogP contribution in [0.15, 0.2) is 24.3 Å². The van der Waals surface area contributed by atoms with Gasteiger partial charge in [0.05, 0.1) is 5.60 Å². The van der Waals surface area contributed by atoms with Crippen LogP contribution in [0.5, 0.6) is 0 Å². The van der Waals surface area contributed by atoms with Crippen molar-refractivity contribution < 1.29 is 9.90 Å². The number of halogens is 1. The van der Waals surface area contributed by atoms with E-state index in [1.165, 1.54) is 0 Å². The van der Waals surface area contributed by atoms with E-state index in [-0.39, 0.29) is 5.91 Å². The molecule has 1 amide bonds. The van der Waals surface area contributed by atoms with E-state index < -0.39 is 5.60 Å². The van der Waals surface area contributed by atoms with Crippen LogP contribution in [-0.4, -0.2) is 39.2 Å². The number of likely N-dealkylation sites (tertiary alicyclic amines) is 1. The zero-order valence-corrected chi connectivity index (χ0v) is 14.9. The van der Waals surface area contributed by atoms with Gasteiger partial charge in [-0.3, -0.25) is 9.89 Å². The highest BCUT2D eigenvalue weighted by Crippen LogP contribution is 2.34. The van der Waals surface area contributed by atoms with Crippen LogP contribution < -0.4 is 0 Å². The molecular weight excluding hydrogens is 338 g/mol. The standard InChI is InChI=1S/C19H22ClN3O2/c20-14-7-5-13(6-8-14)19(25)9-11-23(12-10-19)18(24)17-15-3-1-2-4-16(15)21-22-17/h5-8,25H,1-4,9-12H2,(H,21,22). The molecule has 4 rings (SSSR count). The second-order valence-corrected chi connectivity index (χ2v) is 7.50. The predicted octanol–water partition coefficient (Wildman–Crippen LogP) is 3.07. The summed E-state index contributed by atoms with van der Waals surface area (Å²) in [5.41, 5.74) is 2.75. The van der Waals surface area contributed by atoms with E-state index in [1.807, 2.05) is 17.0 Å². The molecule has 6 heteroatoms. The first-order chi connectivity index (χ1) is 12.1. The number of piperidine rings is 1. The summed E-state index contributed by atoms with van der Waals surface area (Å²) in [6, 6.07) is 7.32. The molecule has 1 aliphatic carbocycles. The Morgan fingerprint density at radius 1 is 1.16 bits per heavy atom. The number of carbonyl (C=O) groups is 1. The molecule has 0 saturated carbocycles. The molecule has 0 bridgehead atoms. The van der Waals surface area contributed by atoms with Gasteiger partial charge in [-0.05, 0) is 56.2 Å². The van der Waals surface area contributed by atoms with Gasteiger partial charge in [0.1, 0.15) is 0 Å². The lowest BCUT2D eigenvalue weighted by atomic mass is 9.84. The highest BCUT2D eigenvalue weighted by molar-refractivity contribution is 6.30. The number of carbonyl (C=O) groups excluding carboxylic acids is 1. The molecule has 132 valence electrons. The third kappa shape index (κ3) is 3.07. The molecule has 1 aliphatic heterocycles. The van der Waals surface area contributed by atoms with E-state index in [4.69, 9.17) is 11.6 Å². The lowest BCUT2D eigenvalue weighted by molar-refractivity contribution is -0.0212. The number of aromatic nitrogens is 2. The summed E-state index contributed by atoms with van der Waals surface area (Å²) in [5.74, 6) is -0.0162. The number of nitrogens with one attached hydrogen (secondary N) is 1. The summed E-state index contributed by atoms with van der Waals surface area (Å²) < 4.78 is 0. The maximum atomic E-state index is 12.9. The molecule has 1 fully saturated rings. The van der Waals surface area contributed by atoms with Crippen LogP contribution in [0.3, 0.4) is 0 Å². The molecule has 25 heavy (non-hydrogen) atoms. The smallest absolute Gasteiger partial charge is 0.274 e. The monoisotopic (exact) mass is 359 g/mol. The van der Waals surface area contributed by atoms with E-state index in [9.17, 15) is 9.90 Å². The minimum Gasteiger partial charge on any atom is -0.385 e. The third-order valence-electron chi connectivity index (χ3n) is 5.52. The molecule has 0 spiro atoms. The fourth-order valence-electron chi connectivity index (χ4n) is 3.94. The Balaban J connectivity index is 1.47. The Hall–Kier alpha value is -1.85. The largest absolute Gasteiger partial charge is 0.385 e. The normalized spacial score (nSPS) is 19.5. The van der Waals surface area contributed by atoms with Crippen LogP contribution in [0.4, 0.5) is 0 Å². The molecule has 0 unspecified atom stereocenters. The second kappa shape index (κ2) is 6.46. The average Bonchev–Trinajstić information content (AvgIpc) is 3.06. The first kappa shape index (κ1) is 16.6. The van der Waals surface area contributed by atoms with Crippen LogP contribution >= 0.6 is 11.6 Å². The van der Waals surface area contributed by atoms with Crippen molar-refractivity contribution in [2.45, 2.75) is 44.1 Å². The van der Waals surface area contributed by atoms with Gasteiger partial charge in [-0.1, -0.05) is 23.7 Å². The molecule has 0 radical (unpaired) electrons. The summed E-state index contributed by atoms with van der Waals surface area (Å²) in [5, 5.41) is 18.9. The Kier molecular flexibility index (Phi) is 4.29. The Bertz CT molecular complexity index is 776. The molecule has 0 atom stereocenters. The zero-order valence-electron chi connectivity index (χ0n) is 14.1. The van der Waals surface area contributed by atoms with E-state index in [0.29, 0.717) is 36.6 Å². The van der Waals surface area contributed by atoms with Crippen molar-refractivity contribution >= 4 is 17.5 Å². The van der Waals surface area contributed by atoms with Crippen molar-refractivity contribution in [1.82, 2.24) is 15.1 Å². The number of aryl methyl sites for hydroxylation is 1. The first-order valence-electron chi connectivity index (χ1n) is 8.91. The molecule has 1 aromatic heterocycles.